The van der Waals surface area contributed by atoms with Crippen LogP contribution in [0, 0.1) is 12.7 Å². The van der Waals surface area contributed by atoms with Crippen LogP contribution >= 0.6 is 0 Å². The Labute approximate surface area is 125 Å². The SMILES string of the molecule is COc1ccc2c(c1)CCCC2Nc1ccc(C)c(F)c1. The Balaban J connectivity index is 1.86. The summed E-state index contributed by atoms with van der Waals surface area (Å²) in [5.41, 5.74) is 4.13. The van der Waals surface area contributed by atoms with E-state index in [0.717, 1.165) is 30.7 Å². The smallest absolute Gasteiger partial charge is 0.128 e. The highest BCUT2D eigenvalue weighted by Gasteiger charge is 2.20. The molecule has 3 rings (SSSR count). The lowest BCUT2D eigenvalue weighted by Crippen LogP contribution is -2.17. The largest absolute Gasteiger partial charge is 0.497 e. The summed E-state index contributed by atoms with van der Waals surface area (Å²) in [6.07, 6.45) is 3.27. The molecule has 1 N–H and O–H groups in total. The van der Waals surface area contributed by atoms with Gasteiger partial charge in [-0.25, -0.2) is 4.39 Å². The molecule has 0 spiro atoms. The monoisotopic (exact) mass is 285 g/mol. The molecule has 0 radical (unpaired) electrons. The number of rotatable bonds is 3. The Hall–Kier alpha value is -2.03. The van der Waals surface area contributed by atoms with Gasteiger partial charge in [0.15, 0.2) is 0 Å². The Morgan fingerprint density at radius 2 is 2.05 bits per heavy atom. The van der Waals surface area contributed by atoms with Crippen LogP contribution in [0.5, 0.6) is 5.75 Å². The van der Waals surface area contributed by atoms with Crippen LogP contribution < -0.4 is 10.1 Å². The molecule has 2 nitrogen and oxygen atoms in total. The summed E-state index contributed by atoms with van der Waals surface area (Å²) in [5, 5.41) is 3.46. The summed E-state index contributed by atoms with van der Waals surface area (Å²) >= 11 is 0. The van der Waals surface area contributed by atoms with Crippen LogP contribution in [-0.2, 0) is 6.42 Å². The molecule has 0 amide bonds. The highest BCUT2D eigenvalue weighted by Crippen LogP contribution is 2.34. The summed E-state index contributed by atoms with van der Waals surface area (Å²) in [6, 6.07) is 11.8. The molecular weight excluding hydrogens is 265 g/mol. The van der Waals surface area contributed by atoms with E-state index in [9.17, 15) is 4.39 Å². The summed E-state index contributed by atoms with van der Waals surface area (Å²) in [6.45, 7) is 1.78. The zero-order valence-electron chi connectivity index (χ0n) is 12.4. The molecule has 0 heterocycles. The van der Waals surface area contributed by atoms with Gasteiger partial charge in [-0.1, -0.05) is 12.1 Å². The molecule has 0 fully saturated rings. The van der Waals surface area contributed by atoms with E-state index in [1.54, 1.807) is 20.1 Å². The lowest BCUT2D eigenvalue weighted by molar-refractivity contribution is 0.413. The molecule has 110 valence electrons. The van der Waals surface area contributed by atoms with Gasteiger partial charge in [0.2, 0.25) is 0 Å². The van der Waals surface area contributed by atoms with Crippen LogP contribution in [0.2, 0.25) is 0 Å². The first kappa shape index (κ1) is 13.9. The van der Waals surface area contributed by atoms with Crippen LogP contribution in [0.1, 0.15) is 35.6 Å². The number of nitrogens with one attached hydrogen (secondary N) is 1. The number of aryl methyl sites for hydroxylation is 2. The second kappa shape index (κ2) is 5.76. The van der Waals surface area contributed by atoms with Gasteiger partial charge in [-0.05, 0) is 67.1 Å². The van der Waals surface area contributed by atoms with Gasteiger partial charge >= 0.3 is 0 Å². The third kappa shape index (κ3) is 2.87. The van der Waals surface area contributed by atoms with E-state index in [1.165, 1.54) is 11.1 Å². The van der Waals surface area contributed by atoms with Crippen molar-refractivity contribution in [2.75, 3.05) is 12.4 Å². The van der Waals surface area contributed by atoms with Crippen molar-refractivity contribution in [2.24, 2.45) is 0 Å². The molecule has 0 saturated heterocycles. The van der Waals surface area contributed by atoms with Crippen molar-refractivity contribution < 1.29 is 9.13 Å². The van der Waals surface area contributed by atoms with Gasteiger partial charge in [-0.3, -0.25) is 0 Å². The fourth-order valence-electron chi connectivity index (χ4n) is 2.95. The van der Waals surface area contributed by atoms with Gasteiger partial charge in [0.05, 0.1) is 13.2 Å². The Bertz CT molecular complexity index is 654. The Morgan fingerprint density at radius 3 is 2.81 bits per heavy atom. The van der Waals surface area contributed by atoms with Gasteiger partial charge in [0, 0.05) is 5.69 Å². The molecule has 1 unspecified atom stereocenters. The van der Waals surface area contributed by atoms with Crippen LogP contribution in [0.15, 0.2) is 36.4 Å². The number of hydrogen-bond acceptors (Lipinski definition) is 2. The van der Waals surface area contributed by atoms with E-state index in [2.05, 4.69) is 17.4 Å². The molecule has 3 heteroatoms. The van der Waals surface area contributed by atoms with Crippen molar-refractivity contribution in [1.82, 2.24) is 0 Å². The summed E-state index contributed by atoms with van der Waals surface area (Å²) in [7, 11) is 1.69. The molecule has 0 bridgehead atoms. The fourth-order valence-corrected chi connectivity index (χ4v) is 2.95. The molecule has 21 heavy (non-hydrogen) atoms. The average molecular weight is 285 g/mol. The number of methoxy groups -OCH3 is 1. The van der Waals surface area contributed by atoms with Crippen molar-refractivity contribution in [2.45, 2.75) is 32.2 Å². The first-order chi connectivity index (χ1) is 10.2. The first-order valence-corrected chi connectivity index (χ1v) is 7.37. The van der Waals surface area contributed by atoms with Crippen LogP contribution in [0.4, 0.5) is 10.1 Å². The Kier molecular flexibility index (Phi) is 3.82. The maximum atomic E-state index is 13.7. The molecule has 2 aromatic rings. The van der Waals surface area contributed by atoms with E-state index in [4.69, 9.17) is 4.74 Å². The number of halogens is 1. The summed E-state index contributed by atoms with van der Waals surface area (Å²) in [5.74, 6) is 0.738. The molecule has 0 aromatic heterocycles. The highest BCUT2D eigenvalue weighted by molar-refractivity contribution is 5.49. The van der Waals surface area contributed by atoms with E-state index in [-0.39, 0.29) is 11.9 Å². The fraction of sp³-hybridized carbons (Fsp3) is 0.333. The molecule has 0 saturated carbocycles. The van der Waals surface area contributed by atoms with Crippen molar-refractivity contribution in [3.05, 3.63) is 58.9 Å². The topological polar surface area (TPSA) is 21.3 Å². The predicted molar refractivity (Wildman–Crippen MR) is 83.4 cm³/mol. The second-order valence-electron chi connectivity index (χ2n) is 5.62. The van der Waals surface area contributed by atoms with Crippen molar-refractivity contribution in [3.63, 3.8) is 0 Å². The maximum Gasteiger partial charge on any atom is 0.128 e. The number of hydrogen-bond donors (Lipinski definition) is 1. The quantitative estimate of drug-likeness (QED) is 0.887. The van der Waals surface area contributed by atoms with Crippen molar-refractivity contribution >= 4 is 5.69 Å². The van der Waals surface area contributed by atoms with E-state index < -0.39 is 0 Å². The lowest BCUT2D eigenvalue weighted by Gasteiger charge is -2.27. The van der Waals surface area contributed by atoms with Crippen LogP contribution in [0.3, 0.4) is 0 Å². The number of anilines is 1. The maximum absolute atomic E-state index is 13.7. The highest BCUT2D eigenvalue weighted by atomic mass is 19.1. The van der Waals surface area contributed by atoms with Crippen LogP contribution in [0.25, 0.3) is 0 Å². The number of fused-ring (bicyclic) bond motifs is 1. The number of ether oxygens (including phenoxy) is 1. The molecule has 1 aliphatic rings. The number of benzene rings is 2. The van der Waals surface area contributed by atoms with E-state index >= 15 is 0 Å². The van der Waals surface area contributed by atoms with Gasteiger partial charge in [0.1, 0.15) is 11.6 Å². The first-order valence-electron chi connectivity index (χ1n) is 7.37. The predicted octanol–water partition coefficient (Wildman–Crippen LogP) is 4.63. The Morgan fingerprint density at radius 1 is 1.19 bits per heavy atom. The molecule has 1 atom stereocenters. The normalized spacial score (nSPS) is 17.2. The second-order valence-corrected chi connectivity index (χ2v) is 5.62. The minimum absolute atomic E-state index is 0.161. The van der Waals surface area contributed by atoms with Crippen molar-refractivity contribution in [3.8, 4) is 5.75 Å². The summed E-state index contributed by atoms with van der Waals surface area (Å²) < 4.78 is 19.0. The molecule has 2 aromatic carbocycles. The minimum Gasteiger partial charge on any atom is -0.497 e. The van der Waals surface area contributed by atoms with Gasteiger partial charge in [-0.2, -0.15) is 0 Å². The zero-order valence-corrected chi connectivity index (χ0v) is 12.4. The summed E-state index contributed by atoms with van der Waals surface area (Å²) in [4.78, 5) is 0. The van der Waals surface area contributed by atoms with Gasteiger partial charge < -0.3 is 10.1 Å². The molecule has 0 aliphatic heterocycles. The van der Waals surface area contributed by atoms with Gasteiger partial charge in [0.25, 0.3) is 0 Å². The minimum atomic E-state index is -0.161. The van der Waals surface area contributed by atoms with E-state index in [0.29, 0.717) is 5.56 Å². The third-order valence-electron chi connectivity index (χ3n) is 4.18. The van der Waals surface area contributed by atoms with E-state index in [1.807, 2.05) is 18.2 Å². The van der Waals surface area contributed by atoms with Crippen LogP contribution in [-0.4, -0.2) is 7.11 Å². The van der Waals surface area contributed by atoms with Gasteiger partial charge in [-0.15, -0.1) is 0 Å². The molecule has 1 aliphatic carbocycles. The standard InChI is InChI=1S/C18H20FNO/c1-12-6-7-14(11-17(12)19)20-18-5-3-4-13-10-15(21-2)8-9-16(13)18/h6-11,18,20H,3-5H2,1-2H3. The van der Waals surface area contributed by atoms with Crippen molar-refractivity contribution in [1.29, 1.82) is 0 Å². The average Bonchev–Trinajstić information content (AvgIpc) is 2.50. The molecular formula is C18H20FNO. The zero-order chi connectivity index (χ0) is 14.8. The lowest BCUT2D eigenvalue weighted by atomic mass is 9.87. The third-order valence-corrected chi connectivity index (χ3v) is 4.18.